The minimum Gasteiger partial charge on any atom is -0.330 e. The molecule has 1 heterocycles. The summed E-state index contributed by atoms with van der Waals surface area (Å²) in [5.41, 5.74) is 5.34. The SMILES string of the molecule is CCN1CCC(CNS(=O)(=O)CCCCN)C1. The van der Waals surface area contributed by atoms with E-state index in [2.05, 4.69) is 16.5 Å². The van der Waals surface area contributed by atoms with Crippen molar-refractivity contribution in [1.29, 1.82) is 0 Å². The van der Waals surface area contributed by atoms with E-state index < -0.39 is 10.0 Å². The topological polar surface area (TPSA) is 75.4 Å². The molecule has 0 amide bonds. The van der Waals surface area contributed by atoms with E-state index in [1.54, 1.807) is 0 Å². The van der Waals surface area contributed by atoms with Gasteiger partial charge in [0.15, 0.2) is 0 Å². The standard InChI is InChI=1S/C11H25N3O2S/c1-2-14-7-5-11(10-14)9-13-17(15,16)8-4-3-6-12/h11,13H,2-10,12H2,1H3. The first-order valence-corrected chi connectivity index (χ1v) is 8.12. The van der Waals surface area contributed by atoms with Crippen LogP contribution in [-0.4, -0.2) is 51.8 Å². The van der Waals surface area contributed by atoms with E-state index in [0.29, 0.717) is 25.4 Å². The summed E-state index contributed by atoms with van der Waals surface area (Å²) in [6.45, 7) is 6.45. The Morgan fingerprint density at radius 1 is 1.41 bits per heavy atom. The van der Waals surface area contributed by atoms with E-state index in [0.717, 1.165) is 32.5 Å². The van der Waals surface area contributed by atoms with Gasteiger partial charge in [-0.05, 0) is 44.8 Å². The molecule has 102 valence electrons. The van der Waals surface area contributed by atoms with Crippen molar-refractivity contribution in [3.05, 3.63) is 0 Å². The van der Waals surface area contributed by atoms with E-state index >= 15 is 0 Å². The van der Waals surface area contributed by atoms with Gasteiger partial charge in [0.1, 0.15) is 0 Å². The zero-order chi connectivity index (χ0) is 12.7. The molecule has 6 heteroatoms. The van der Waals surface area contributed by atoms with Crippen molar-refractivity contribution >= 4 is 10.0 Å². The van der Waals surface area contributed by atoms with Crippen LogP contribution >= 0.6 is 0 Å². The molecule has 0 saturated carbocycles. The van der Waals surface area contributed by atoms with Crippen molar-refractivity contribution in [2.75, 3.05) is 38.5 Å². The fraction of sp³-hybridized carbons (Fsp3) is 1.00. The summed E-state index contributed by atoms with van der Waals surface area (Å²) in [5.74, 6) is 0.674. The number of hydrogen-bond acceptors (Lipinski definition) is 4. The van der Waals surface area contributed by atoms with Gasteiger partial charge in [-0.2, -0.15) is 0 Å². The normalized spacial score (nSPS) is 22.1. The third-order valence-corrected chi connectivity index (χ3v) is 4.71. The number of sulfonamides is 1. The second kappa shape index (κ2) is 7.31. The van der Waals surface area contributed by atoms with Gasteiger partial charge in [-0.1, -0.05) is 6.92 Å². The number of likely N-dealkylation sites (tertiary alicyclic amines) is 1. The zero-order valence-corrected chi connectivity index (χ0v) is 11.5. The average Bonchev–Trinajstić information content (AvgIpc) is 2.75. The number of nitrogens with two attached hydrogens (primary N) is 1. The predicted molar refractivity (Wildman–Crippen MR) is 70.3 cm³/mol. The van der Waals surface area contributed by atoms with Gasteiger partial charge >= 0.3 is 0 Å². The summed E-state index contributed by atoms with van der Waals surface area (Å²) < 4.78 is 26.0. The van der Waals surface area contributed by atoms with Crippen molar-refractivity contribution in [3.63, 3.8) is 0 Å². The Balaban J connectivity index is 2.21. The largest absolute Gasteiger partial charge is 0.330 e. The zero-order valence-electron chi connectivity index (χ0n) is 10.7. The first-order chi connectivity index (χ1) is 8.07. The highest BCUT2D eigenvalue weighted by molar-refractivity contribution is 7.89. The van der Waals surface area contributed by atoms with E-state index in [-0.39, 0.29) is 5.75 Å². The minimum absolute atomic E-state index is 0.203. The maximum absolute atomic E-state index is 11.6. The van der Waals surface area contributed by atoms with Crippen molar-refractivity contribution in [2.24, 2.45) is 11.7 Å². The fourth-order valence-electron chi connectivity index (χ4n) is 2.12. The number of nitrogens with zero attached hydrogens (tertiary/aromatic N) is 1. The van der Waals surface area contributed by atoms with Gasteiger partial charge in [0.05, 0.1) is 5.75 Å². The molecule has 3 N–H and O–H groups in total. The van der Waals surface area contributed by atoms with Crippen LogP contribution in [0.3, 0.4) is 0 Å². The maximum atomic E-state index is 11.6. The fourth-order valence-corrected chi connectivity index (χ4v) is 3.34. The molecule has 1 aliphatic rings. The van der Waals surface area contributed by atoms with Crippen LogP contribution in [0.2, 0.25) is 0 Å². The molecule has 0 aromatic carbocycles. The van der Waals surface area contributed by atoms with Crippen LogP contribution in [0.15, 0.2) is 0 Å². The molecule has 1 atom stereocenters. The smallest absolute Gasteiger partial charge is 0.211 e. The molecule has 1 fully saturated rings. The third-order valence-electron chi connectivity index (χ3n) is 3.28. The van der Waals surface area contributed by atoms with Crippen LogP contribution in [-0.2, 0) is 10.0 Å². The maximum Gasteiger partial charge on any atom is 0.211 e. The van der Waals surface area contributed by atoms with E-state index in [9.17, 15) is 8.42 Å². The molecule has 0 bridgehead atoms. The Bertz CT molecular complexity index is 306. The van der Waals surface area contributed by atoms with Gasteiger partial charge in [-0.25, -0.2) is 13.1 Å². The Morgan fingerprint density at radius 3 is 2.76 bits per heavy atom. The lowest BCUT2D eigenvalue weighted by molar-refractivity contribution is 0.342. The van der Waals surface area contributed by atoms with Crippen LogP contribution in [0.1, 0.15) is 26.2 Å². The highest BCUT2D eigenvalue weighted by atomic mass is 32.2. The van der Waals surface area contributed by atoms with Crippen LogP contribution in [0.25, 0.3) is 0 Å². The van der Waals surface area contributed by atoms with E-state index in [1.807, 2.05) is 0 Å². The van der Waals surface area contributed by atoms with Gasteiger partial charge in [-0.15, -0.1) is 0 Å². The van der Waals surface area contributed by atoms with E-state index in [4.69, 9.17) is 5.73 Å². The lowest BCUT2D eigenvalue weighted by atomic mass is 10.1. The molecule has 0 spiro atoms. The molecule has 17 heavy (non-hydrogen) atoms. The molecule has 5 nitrogen and oxygen atoms in total. The van der Waals surface area contributed by atoms with Gasteiger partial charge in [0.25, 0.3) is 0 Å². The third kappa shape index (κ3) is 5.81. The quantitative estimate of drug-likeness (QED) is 0.604. The summed E-state index contributed by atoms with van der Waals surface area (Å²) in [4.78, 5) is 2.35. The molecule has 0 aromatic rings. The summed E-state index contributed by atoms with van der Waals surface area (Å²) in [5, 5.41) is 0. The van der Waals surface area contributed by atoms with Crippen LogP contribution in [0.5, 0.6) is 0 Å². The Kier molecular flexibility index (Phi) is 6.40. The Morgan fingerprint density at radius 2 is 2.18 bits per heavy atom. The van der Waals surface area contributed by atoms with E-state index in [1.165, 1.54) is 0 Å². The Hall–Kier alpha value is -0.170. The second-order valence-corrected chi connectivity index (χ2v) is 6.64. The van der Waals surface area contributed by atoms with Crippen molar-refractivity contribution in [1.82, 2.24) is 9.62 Å². The van der Waals surface area contributed by atoms with Gasteiger partial charge in [-0.3, -0.25) is 0 Å². The predicted octanol–water partition coefficient (Wildman–Crippen LogP) is -0.0135. The van der Waals surface area contributed by atoms with Crippen molar-refractivity contribution in [2.45, 2.75) is 26.2 Å². The van der Waals surface area contributed by atoms with Gasteiger partial charge < -0.3 is 10.6 Å². The molecular weight excluding hydrogens is 238 g/mol. The molecule has 1 aliphatic heterocycles. The first kappa shape index (κ1) is 14.9. The van der Waals surface area contributed by atoms with Crippen LogP contribution in [0, 0.1) is 5.92 Å². The van der Waals surface area contributed by atoms with Gasteiger partial charge in [0.2, 0.25) is 10.0 Å². The van der Waals surface area contributed by atoms with Crippen molar-refractivity contribution < 1.29 is 8.42 Å². The molecule has 0 radical (unpaired) electrons. The van der Waals surface area contributed by atoms with Crippen LogP contribution in [0.4, 0.5) is 0 Å². The molecule has 1 saturated heterocycles. The lowest BCUT2D eigenvalue weighted by Crippen LogP contribution is -2.32. The summed E-state index contributed by atoms with van der Waals surface area (Å²) >= 11 is 0. The monoisotopic (exact) mass is 263 g/mol. The van der Waals surface area contributed by atoms with Gasteiger partial charge in [0, 0.05) is 13.1 Å². The molecule has 0 aromatic heterocycles. The summed E-state index contributed by atoms with van der Waals surface area (Å²) in [7, 11) is -3.09. The van der Waals surface area contributed by atoms with Crippen LogP contribution < -0.4 is 10.5 Å². The highest BCUT2D eigenvalue weighted by Gasteiger charge is 2.22. The first-order valence-electron chi connectivity index (χ1n) is 6.47. The molecule has 0 aliphatic carbocycles. The summed E-state index contributed by atoms with van der Waals surface area (Å²) in [6, 6.07) is 0. The Labute approximate surface area is 105 Å². The highest BCUT2D eigenvalue weighted by Crippen LogP contribution is 2.14. The number of hydrogen-bond donors (Lipinski definition) is 2. The lowest BCUT2D eigenvalue weighted by Gasteiger charge is -2.13. The molecule has 1 rings (SSSR count). The number of rotatable bonds is 8. The summed E-state index contributed by atoms with van der Waals surface area (Å²) in [6.07, 6.45) is 2.52. The number of unbranched alkanes of at least 4 members (excludes halogenated alkanes) is 1. The second-order valence-electron chi connectivity index (χ2n) is 4.71. The average molecular weight is 263 g/mol. The van der Waals surface area contributed by atoms with Crippen molar-refractivity contribution in [3.8, 4) is 0 Å². The molecule has 1 unspecified atom stereocenters. The number of nitrogens with one attached hydrogen (secondary N) is 1. The molecular formula is C11H25N3O2S. The minimum atomic E-state index is -3.09.